The summed E-state index contributed by atoms with van der Waals surface area (Å²) >= 11 is 6.56. The minimum absolute atomic E-state index is 0.0403. The maximum absolute atomic E-state index is 11.1. The van der Waals surface area contributed by atoms with E-state index < -0.39 is 38.5 Å². The second kappa shape index (κ2) is 10.9. The molecule has 38 heavy (non-hydrogen) atoms. The molecule has 0 aliphatic carbocycles. The summed E-state index contributed by atoms with van der Waals surface area (Å²) in [6.07, 6.45) is -2.01. The van der Waals surface area contributed by atoms with E-state index in [0.717, 1.165) is 11.1 Å². The lowest BCUT2D eigenvalue weighted by molar-refractivity contribution is -0.365. The van der Waals surface area contributed by atoms with E-state index in [4.69, 9.17) is 35.0 Å². The normalized spacial score (nSPS) is 27.4. The van der Waals surface area contributed by atoms with Crippen molar-refractivity contribution in [2.45, 2.75) is 75.5 Å². The van der Waals surface area contributed by atoms with Crippen molar-refractivity contribution in [3.05, 3.63) is 70.6 Å². The number of rotatable bonds is 7. The van der Waals surface area contributed by atoms with Gasteiger partial charge < -0.3 is 38.7 Å². The molecule has 208 valence electrons. The summed E-state index contributed by atoms with van der Waals surface area (Å²) < 4.78 is 29.3. The van der Waals surface area contributed by atoms with Gasteiger partial charge in [0.15, 0.2) is 19.8 Å². The van der Waals surface area contributed by atoms with Gasteiger partial charge in [-0.2, -0.15) is 0 Å². The predicted octanol–water partition coefficient (Wildman–Crippen LogP) is 4.48. The number of benzene rings is 2. The van der Waals surface area contributed by atoms with Gasteiger partial charge in [0.1, 0.15) is 36.9 Å². The van der Waals surface area contributed by atoms with E-state index in [9.17, 15) is 15.3 Å². The molecule has 0 spiro atoms. The van der Waals surface area contributed by atoms with Crippen LogP contribution in [0.2, 0.25) is 23.2 Å². The average Bonchev–Trinajstić information content (AvgIpc) is 2.88. The average molecular weight is 565 g/mol. The molecule has 10 heteroatoms. The Balaban J connectivity index is 1.63. The molecule has 2 aromatic carbocycles. The maximum atomic E-state index is 11.1. The van der Waals surface area contributed by atoms with Gasteiger partial charge in [-0.05, 0) is 59.9 Å². The number of fused-ring (bicyclic) bond motifs is 1. The molecule has 0 aromatic heterocycles. The first-order chi connectivity index (χ1) is 17.8. The van der Waals surface area contributed by atoms with Gasteiger partial charge in [0.25, 0.3) is 0 Å². The third-order valence-electron chi connectivity index (χ3n) is 7.78. The van der Waals surface area contributed by atoms with Crippen LogP contribution in [-0.2, 0) is 26.1 Å². The molecule has 2 heterocycles. The summed E-state index contributed by atoms with van der Waals surface area (Å²) in [5.74, 6) is -0.540. The Kier molecular flexibility index (Phi) is 8.33. The largest absolute Gasteiger partial charge is 0.458 e. The summed E-state index contributed by atoms with van der Waals surface area (Å²) in [7, 11) is -0.790. The fourth-order valence-electron chi connectivity index (χ4n) is 4.36. The standard InChI is InChI=1S/C28H37ClO8Si/c1-27(2,3)38(5,6)36-16-23-24(30)25(31)26(32)28(33-4,37-23)19-8-9-20(29)18(15-19)13-17-7-10-21-22(14-17)35-12-11-34-21/h7-12,14-15,23-26,30-32H,13,16H2,1-6H3/t23-,24-,25+,26-,28+/m1/s1. The zero-order valence-electron chi connectivity index (χ0n) is 22.6. The van der Waals surface area contributed by atoms with Gasteiger partial charge in [-0.25, -0.2) is 0 Å². The predicted molar refractivity (Wildman–Crippen MR) is 146 cm³/mol. The number of aliphatic hydroxyl groups excluding tert-OH is 3. The molecular weight excluding hydrogens is 528 g/mol. The molecule has 1 fully saturated rings. The topological polar surface area (TPSA) is 107 Å². The summed E-state index contributed by atoms with van der Waals surface area (Å²) in [5.41, 5.74) is 2.13. The maximum Gasteiger partial charge on any atom is 0.224 e. The highest BCUT2D eigenvalue weighted by Gasteiger charge is 2.55. The molecule has 8 nitrogen and oxygen atoms in total. The van der Waals surface area contributed by atoms with Crippen LogP contribution in [0.3, 0.4) is 0 Å². The van der Waals surface area contributed by atoms with E-state index in [-0.39, 0.29) is 11.6 Å². The van der Waals surface area contributed by atoms with Crippen molar-refractivity contribution in [1.82, 2.24) is 0 Å². The quantitative estimate of drug-likeness (QED) is 0.423. The molecule has 0 bridgehead atoms. The van der Waals surface area contributed by atoms with E-state index in [1.807, 2.05) is 18.2 Å². The molecule has 0 saturated carbocycles. The first kappa shape index (κ1) is 29.0. The minimum atomic E-state index is -2.18. The summed E-state index contributed by atoms with van der Waals surface area (Å²) in [4.78, 5) is 0. The summed E-state index contributed by atoms with van der Waals surface area (Å²) in [6, 6.07) is 10.8. The Morgan fingerprint density at radius 2 is 1.66 bits per heavy atom. The molecule has 2 aliphatic heterocycles. The lowest BCUT2D eigenvalue weighted by Gasteiger charge is -2.49. The minimum Gasteiger partial charge on any atom is -0.458 e. The first-order valence-corrected chi connectivity index (χ1v) is 15.9. The van der Waals surface area contributed by atoms with Gasteiger partial charge in [-0.1, -0.05) is 44.5 Å². The highest BCUT2D eigenvalue weighted by molar-refractivity contribution is 6.74. The van der Waals surface area contributed by atoms with Crippen LogP contribution in [0.4, 0.5) is 0 Å². The van der Waals surface area contributed by atoms with Crippen molar-refractivity contribution in [3.8, 4) is 11.5 Å². The number of methoxy groups -OCH3 is 1. The Bertz CT molecular complexity index is 1180. The van der Waals surface area contributed by atoms with Gasteiger partial charge in [0.2, 0.25) is 5.79 Å². The SMILES string of the molecule is CO[C@@]1(c2ccc(Cl)c(Cc3ccc4c(c3)OC=CO4)c2)O[C@H](CO[Si](C)(C)C(C)(C)C)[C@@H](O)[C@H](O)[C@H]1O. The lowest BCUT2D eigenvalue weighted by Crippen LogP contribution is -2.64. The van der Waals surface area contributed by atoms with Crippen LogP contribution in [0.15, 0.2) is 48.9 Å². The van der Waals surface area contributed by atoms with Gasteiger partial charge in [-0.15, -0.1) is 0 Å². The van der Waals surface area contributed by atoms with Gasteiger partial charge in [-0.3, -0.25) is 0 Å². The zero-order chi connectivity index (χ0) is 27.9. The van der Waals surface area contributed by atoms with E-state index >= 15 is 0 Å². The monoisotopic (exact) mass is 564 g/mol. The molecular formula is C28H37ClO8Si. The molecule has 0 unspecified atom stereocenters. The van der Waals surface area contributed by atoms with Crippen LogP contribution >= 0.6 is 11.6 Å². The Morgan fingerprint density at radius 3 is 2.32 bits per heavy atom. The fourth-order valence-corrected chi connectivity index (χ4v) is 5.56. The van der Waals surface area contributed by atoms with Crippen molar-refractivity contribution in [1.29, 1.82) is 0 Å². The van der Waals surface area contributed by atoms with E-state index in [0.29, 0.717) is 28.5 Å². The van der Waals surface area contributed by atoms with Crippen LogP contribution < -0.4 is 9.47 Å². The second-order valence-corrected chi connectivity index (χ2v) is 16.5. The molecule has 2 aromatic rings. The van der Waals surface area contributed by atoms with Gasteiger partial charge in [0, 0.05) is 17.7 Å². The molecule has 2 aliphatic rings. The van der Waals surface area contributed by atoms with E-state index in [2.05, 4.69) is 33.9 Å². The van der Waals surface area contributed by atoms with Crippen LogP contribution in [0.5, 0.6) is 11.5 Å². The molecule has 0 radical (unpaired) electrons. The Hall–Kier alpha value is -1.95. The first-order valence-electron chi connectivity index (χ1n) is 12.6. The summed E-state index contributed by atoms with van der Waals surface area (Å²) in [5, 5.41) is 33.2. The van der Waals surface area contributed by atoms with Gasteiger partial charge >= 0.3 is 0 Å². The number of hydrogen-bond donors (Lipinski definition) is 3. The highest BCUT2D eigenvalue weighted by atomic mass is 35.5. The molecule has 4 rings (SSSR count). The van der Waals surface area contributed by atoms with Crippen molar-refractivity contribution in [2.75, 3.05) is 13.7 Å². The Labute approximate surface area is 229 Å². The van der Waals surface area contributed by atoms with E-state index in [1.165, 1.54) is 19.6 Å². The van der Waals surface area contributed by atoms with E-state index in [1.54, 1.807) is 18.2 Å². The van der Waals surface area contributed by atoms with Crippen LogP contribution in [0.1, 0.15) is 37.5 Å². The number of aliphatic hydroxyl groups is 3. The third-order valence-corrected chi connectivity index (χ3v) is 12.7. The number of ether oxygens (including phenoxy) is 4. The fraction of sp³-hybridized carbons (Fsp3) is 0.500. The van der Waals surface area contributed by atoms with Gasteiger partial charge in [0.05, 0.1) is 6.61 Å². The zero-order valence-corrected chi connectivity index (χ0v) is 24.4. The van der Waals surface area contributed by atoms with Crippen molar-refractivity contribution in [3.63, 3.8) is 0 Å². The van der Waals surface area contributed by atoms with Crippen LogP contribution in [0.25, 0.3) is 0 Å². The van der Waals surface area contributed by atoms with Crippen molar-refractivity contribution >= 4 is 19.9 Å². The number of hydrogen-bond acceptors (Lipinski definition) is 8. The summed E-state index contributed by atoms with van der Waals surface area (Å²) in [6.45, 7) is 10.6. The molecule has 0 amide bonds. The molecule has 3 N–H and O–H groups in total. The van der Waals surface area contributed by atoms with Crippen LogP contribution in [-0.4, -0.2) is 61.8 Å². The van der Waals surface area contributed by atoms with Crippen molar-refractivity contribution < 1.29 is 38.7 Å². The number of halogens is 1. The third kappa shape index (κ3) is 5.52. The smallest absolute Gasteiger partial charge is 0.224 e. The lowest BCUT2D eigenvalue weighted by atomic mass is 9.87. The van der Waals surface area contributed by atoms with Crippen LogP contribution in [0, 0.1) is 0 Å². The Morgan fingerprint density at radius 1 is 0.974 bits per heavy atom. The van der Waals surface area contributed by atoms with Crippen molar-refractivity contribution in [2.24, 2.45) is 0 Å². The molecule has 1 saturated heterocycles. The second-order valence-electron chi connectivity index (χ2n) is 11.3. The highest BCUT2D eigenvalue weighted by Crippen LogP contribution is 2.42. The molecule has 5 atom stereocenters.